The van der Waals surface area contributed by atoms with Crippen molar-refractivity contribution in [2.24, 2.45) is 0 Å². The van der Waals surface area contributed by atoms with Gasteiger partial charge in [-0.2, -0.15) is 0 Å². The molecule has 2 N–H and O–H groups in total. The first-order valence-corrected chi connectivity index (χ1v) is 9.27. The average molecular weight is 381 g/mol. The molecule has 0 aliphatic rings. The number of carbonyl (C=O) groups is 1. The molecule has 0 radical (unpaired) electrons. The summed E-state index contributed by atoms with van der Waals surface area (Å²) in [7, 11) is 1.59. The number of aromatic amines is 1. The molecule has 2 aromatic carbocycles. The minimum absolute atomic E-state index is 0.142. The highest BCUT2D eigenvalue weighted by Gasteiger charge is 2.08. The van der Waals surface area contributed by atoms with Crippen molar-refractivity contribution in [3.8, 4) is 17.0 Å². The van der Waals surface area contributed by atoms with Crippen molar-refractivity contribution >= 4 is 23.4 Å². The molecule has 27 heavy (non-hydrogen) atoms. The summed E-state index contributed by atoms with van der Waals surface area (Å²) >= 11 is 1.18. The van der Waals surface area contributed by atoms with Gasteiger partial charge in [-0.05, 0) is 43.3 Å². The van der Waals surface area contributed by atoms with E-state index in [1.54, 1.807) is 19.2 Å². The van der Waals surface area contributed by atoms with Crippen molar-refractivity contribution in [1.29, 1.82) is 0 Å². The standard InChI is InChI=1S/C20H19N3O3S/c1-13-3-7-15(8-4-13)21-19(25)12-27-20-22-17(11-18(24)23-20)14-5-9-16(26-2)10-6-14/h3-11H,12H2,1-2H3,(H,21,25)(H,22,23,24). The van der Waals surface area contributed by atoms with Gasteiger partial charge in [0.1, 0.15) is 5.75 Å². The van der Waals surface area contributed by atoms with Crippen LogP contribution in [0, 0.1) is 6.92 Å². The van der Waals surface area contributed by atoms with Crippen LogP contribution >= 0.6 is 11.8 Å². The van der Waals surface area contributed by atoms with Crippen LogP contribution in [0.15, 0.2) is 64.5 Å². The van der Waals surface area contributed by atoms with Gasteiger partial charge in [0.05, 0.1) is 18.6 Å². The molecule has 0 fully saturated rings. The molecule has 0 aliphatic carbocycles. The SMILES string of the molecule is COc1ccc(-c2cc(=O)[nH]c(SCC(=O)Nc3ccc(C)cc3)n2)cc1. The number of anilines is 1. The lowest BCUT2D eigenvalue weighted by Crippen LogP contribution is -2.15. The molecular formula is C20H19N3O3S. The van der Waals surface area contributed by atoms with E-state index in [-0.39, 0.29) is 17.2 Å². The lowest BCUT2D eigenvalue weighted by Gasteiger charge is -2.07. The maximum atomic E-state index is 12.1. The molecule has 1 aromatic heterocycles. The van der Waals surface area contributed by atoms with Crippen LogP contribution in [-0.2, 0) is 4.79 Å². The highest BCUT2D eigenvalue weighted by molar-refractivity contribution is 7.99. The van der Waals surface area contributed by atoms with Crippen LogP contribution in [0.25, 0.3) is 11.3 Å². The fraction of sp³-hybridized carbons (Fsp3) is 0.150. The van der Waals surface area contributed by atoms with E-state index >= 15 is 0 Å². The van der Waals surface area contributed by atoms with Gasteiger partial charge in [-0.1, -0.05) is 29.5 Å². The zero-order valence-corrected chi connectivity index (χ0v) is 15.8. The molecule has 3 rings (SSSR count). The number of methoxy groups -OCH3 is 1. The summed E-state index contributed by atoms with van der Waals surface area (Å²) in [6, 6.07) is 16.3. The molecule has 3 aromatic rings. The maximum absolute atomic E-state index is 12.1. The number of hydrogen-bond donors (Lipinski definition) is 2. The molecule has 0 saturated heterocycles. The molecule has 7 heteroatoms. The normalized spacial score (nSPS) is 10.4. The third-order valence-electron chi connectivity index (χ3n) is 3.78. The Kier molecular flexibility index (Phi) is 5.93. The molecule has 0 saturated carbocycles. The number of nitrogens with one attached hydrogen (secondary N) is 2. The number of aromatic nitrogens is 2. The smallest absolute Gasteiger partial charge is 0.252 e. The van der Waals surface area contributed by atoms with Crippen molar-refractivity contribution in [2.75, 3.05) is 18.2 Å². The number of nitrogens with zero attached hydrogens (tertiary/aromatic N) is 1. The number of hydrogen-bond acceptors (Lipinski definition) is 5. The van der Waals surface area contributed by atoms with Gasteiger partial charge in [0.15, 0.2) is 5.16 Å². The molecule has 1 amide bonds. The third-order valence-corrected chi connectivity index (χ3v) is 4.65. The van der Waals surface area contributed by atoms with E-state index < -0.39 is 0 Å². The summed E-state index contributed by atoms with van der Waals surface area (Å²) in [5.74, 6) is 0.704. The van der Waals surface area contributed by atoms with Gasteiger partial charge in [0.2, 0.25) is 5.91 Å². The summed E-state index contributed by atoms with van der Waals surface area (Å²) in [6.07, 6.45) is 0. The number of aryl methyl sites for hydroxylation is 1. The minimum atomic E-state index is -0.266. The Bertz CT molecular complexity index is 983. The monoisotopic (exact) mass is 381 g/mol. The van der Waals surface area contributed by atoms with Gasteiger partial charge in [-0.15, -0.1) is 0 Å². The second kappa shape index (κ2) is 8.55. The Morgan fingerprint density at radius 1 is 1.15 bits per heavy atom. The molecule has 1 heterocycles. The number of H-pyrrole nitrogens is 1. The van der Waals surface area contributed by atoms with Crippen LogP contribution in [-0.4, -0.2) is 28.7 Å². The second-order valence-electron chi connectivity index (χ2n) is 5.87. The Hall–Kier alpha value is -3.06. The molecule has 0 unspecified atom stereocenters. The van der Waals surface area contributed by atoms with Crippen LogP contribution in [0.5, 0.6) is 5.75 Å². The van der Waals surface area contributed by atoms with E-state index in [1.165, 1.54) is 17.8 Å². The average Bonchev–Trinajstić information content (AvgIpc) is 2.68. The number of benzene rings is 2. The minimum Gasteiger partial charge on any atom is -0.497 e. The molecular weight excluding hydrogens is 362 g/mol. The van der Waals surface area contributed by atoms with Crippen molar-refractivity contribution in [1.82, 2.24) is 9.97 Å². The third kappa shape index (κ3) is 5.21. The van der Waals surface area contributed by atoms with Gasteiger partial charge < -0.3 is 15.0 Å². The lowest BCUT2D eigenvalue weighted by molar-refractivity contribution is -0.113. The highest BCUT2D eigenvalue weighted by Crippen LogP contribution is 2.21. The largest absolute Gasteiger partial charge is 0.497 e. The van der Waals surface area contributed by atoms with Gasteiger partial charge in [-0.25, -0.2) is 4.98 Å². The van der Waals surface area contributed by atoms with Gasteiger partial charge in [0.25, 0.3) is 5.56 Å². The van der Waals surface area contributed by atoms with E-state index in [2.05, 4.69) is 15.3 Å². The van der Waals surface area contributed by atoms with Crippen molar-refractivity contribution < 1.29 is 9.53 Å². The maximum Gasteiger partial charge on any atom is 0.252 e. The van der Waals surface area contributed by atoms with Crippen molar-refractivity contribution in [2.45, 2.75) is 12.1 Å². The van der Waals surface area contributed by atoms with E-state index in [1.807, 2.05) is 43.3 Å². The van der Waals surface area contributed by atoms with Crippen molar-refractivity contribution in [3.05, 3.63) is 70.5 Å². The predicted molar refractivity (Wildman–Crippen MR) is 107 cm³/mol. The summed E-state index contributed by atoms with van der Waals surface area (Å²) in [6.45, 7) is 1.99. The molecule has 0 atom stereocenters. The van der Waals surface area contributed by atoms with Crippen LogP contribution in [0.1, 0.15) is 5.56 Å². The topological polar surface area (TPSA) is 84.1 Å². The number of amides is 1. The lowest BCUT2D eigenvalue weighted by atomic mass is 10.1. The molecule has 0 aliphatic heterocycles. The Morgan fingerprint density at radius 2 is 1.85 bits per heavy atom. The Morgan fingerprint density at radius 3 is 2.52 bits per heavy atom. The predicted octanol–water partition coefficient (Wildman–Crippen LogP) is 3.48. The summed E-state index contributed by atoms with van der Waals surface area (Å²) < 4.78 is 5.14. The Labute approximate surface area is 161 Å². The van der Waals surface area contributed by atoms with E-state index in [0.29, 0.717) is 10.9 Å². The van der Waals surface area contributed by atoms with E-state index in [9.17, 15) is 9.59 Å². The summed E-state index contributed by atoms with van der Waals surface area (Å²) in [4.78, 5) is 31.2. The first kappa shape index (κ1) is 18.7. The molecule has 0 bridgehead atoms. The molecule has 138 valence electrons. The Balaban J connectivity index is 1.67. The zero-order chi connectivity index (χ0) is 19.2. The second-order valence-corrected chi connectivity index (χ2v) is 6.83. The fourth-order valence-electron chi connectivity index (χ4n) is 2.38. The summed E-state index contributed by atoms with van der Waals surface area (Å²) in [5.41, 5.74) is 2.94. The quantitative estimate of drug-likeness (QED) is 0.504. The number of rotatable bonds is 6. The van der Waals surface area contributed by atoms with Gasteiger partial charge in [-0.3, -0.25) is 9.59 Å². The highest BCUT2D eigenvalue weighted by atomic mass is 32.2. The number of thioether (sulfide) groups is 1. The molecule has 6 nitrogen and oxygen atoms in total. The van der Waals surface area contributed by atoms with E-state index in [0.717, 1.165) is 22.6 Å². The van der Waals surface area contributed by atoms with Gasteiger partial charge in [0, 0.05) is 17.3 Å². The van der Waals surface area contributed by atoms with Crippen LogP contribution in [0.4, 0.5) is 5.69 Å². The first-order valence-electron chi connectivity index (χ1n) is 8.28. The van der Waals surface area contributed by atoms with Crippen LogP contribution in [0.2, 0.25) is 0 Å². The van der Waals surface area contributed by atoms with E-state index in [4.69, 9.17) is 4.74 Å². The van der Waals surface area contributed by atoms with Crippen LogP contribution < -0.4 is 15.6 Å². The number of carbonyl (C=O) groups excluding carboxylic acids is 1. The van der Waals surface area contributed by atoms with Gasteiger partial charge >= 0.3 is 0 Å². The fourth-order valence-corrected chi connectivity index (χ4v) is 3.06. The number of ether oxygens (including phenoxy) is 1. The van der Waals surface area contributed by atoms with Crippen LogP contribution in [0.3, 0.4) is 0 Å². The summed E-state index contributed by atoms with van der Waals surface area (Å²) in [5, 5.41) is 3.22. The van der Waals surface area contributed by atoms with Crippen molar-refractivity contribution in [3.63, 3.8) is 0 Å². The zero-order valence-electron chi connectivity index (χ0n) is 15.0. The first-order chi connectivity index (χ1) is 13.0. The molecule has 0 spiro atoms.